The van der Waals surface area contributed by atoms with Crippen LogP contribution < -0.4 is 15.8 Å². The number of aromatic nitrogens is 2. The number of hydrogen-bond acceptors (Lipinski definition) is 5. The van der Waals surface area contributed by atoms with Crippen LogP contribution in [0, 0.1) is 0 Å². The number of nitrogens with one attached hydrogen (secondary N) is 2. The number of aryl methyl sites for hydroxylation is 1. The first-order valence-corrected chi connectivity index (χ1v) is 6.32. The van der Waals surface area contributed by atoms with Crippen LogP contribution in [0.1, 0.15) is 13.8 Å². The third-order valence-electron chi connectivity index (χ3n) is 1.81. The van der Waals surface area contributed by atoms with E-state index in [-0.39, 0.29) is 16.9 Å². The molecule has 0 atom stereocenters. The van der Waals surface area contributed by atoms with Gasteiger partial charge in [-0.05, 0) is 13.8 Å². The normalized spacial score (nSPS) is 11.5. The number of anilines is 1. The van der Waals surface area contributed by atoms with Gasteiger partial charge in [-0.2, -0.15) is 8.42 Å². The Morgan fingerprint density at radius 2 is 2.12 bits per heavy atom. The summed E-state index contributed by atoms with van der Waals surface area (Å²) in [5.41, 5.74) is 5.42. The van der Waals surface area contributed by atoms with Crippen molar-refractivity contribution in [3.63, 3.8) is 0 Å². The molecule has 1 aromatic rings. The largest absolute Gasteiger partial charge is 0.381 e. The molecule has 1 rings (SSSR count). The Hall–Kier alpha value is -1.77. The predicted molar refractivity (Wildman–Crippen MR) is 61.6 cm³/mol. The Balaban J connectivity index is 2.94. The second-order valence-corrected chi connectivity index (χ2v) is 5.38. The minimum absolute atomic E-state index is 0.155. The molecule has 9 heteroatoms. The highest BCUT2D eigenvalue weighted by Crippen LogP contribution is 2.14. The van der Waals surface area contributed by atoms with Gasteiger partial charge in [-0.15, -0.1) is 0 Å². The van der Waals surface area contributed by atoms with Gasteiger partial charge >= 0.3 is 6.03 Å². The highest BCUT2D eigenvalue weighted by molar-refractivity contribution is 7.90. The molecule has 0 aromatic carbocycles. The number of hydrogen-bond donors (Lipinski definition) is 3. The Labute approximate surface area is 99.3 Å². The predicted octanol–water partition coefficient (Wildman–Crippen LogP) is -0.601. The molecule has 0 saturated carbocycles. The monoisotopic (exact) mass is 261 g/mol. The summed E-state index contributed by atoms with van der Waals surface area (Å²) in [4.78, 5) is 15.0. The van der Waals surface area contributed by atoms with E-state index in [4.69, 9.17) is 5.73 Å². The van der Waals surface area contributed by atoms with Crippen LogP contribution in [-0.4, -0.2) is 30.0 Å². The van der Waals surface area contributed by atoms with Crippen molar-refractivity contribution in [3.05, 3.63) is 6.33 Å². The molecule has 2 amide bonds. The van der Waals surface area contributed by atoms with E-state index in [1.807, 2.05) is 4.72 Å². The van der Waals surface area contributed by atoms with E-state index >= 15 is 0 Å². The van der Waals surface area contributed by atoms with Gasteiger partial charge < -0.3 is 15.6 Å². The van der Waals surface area contributed by atoms with E-state index in [9.17, 15) is 13.2 Å². The molecule has 0 spiro atoms. The molecule has 17 heavy (non-hydrogen) atoms. The minimum Gasteiger partial charge on any atom is -0.381 e. The molecule has 0 unspecified atom stereocenters. The molecule has 4 N–H and O–H groups in total. The summed E-state index contributed by atoms with van der Waals surface area (Å²) >= 11 is 0. The maximum atomic E-state index is 11.8. The molecule has 0 fully saturated rings. The summed E-state index contributed by atoms with van der Waals surface area (Å²) < 4.78 is 26.7. The Kier molecular flexibility index (Phi) is 3.61. The van der Waals surface area contributed by atoms with E-state index in [0.29, 0.717) is 0 Å². The van der Waals surface area contributed by atoms with Gasteiger partial charge in [-0.3, -0.25) is 0 Å². The molecular weight excluding hydrogens is 246 g/mol. The Morgan fingerprint density at radius 1 is 1.53 bits per heavy atom. The quantitative estimate of drug-likeness (QED) is 0.671. The summed E-state index contributed by atoms with van der Waals surface area (Å²) in [6.45, 7) is 3.43. The minimum atomic E-state index is -4.01. The van der Waals surface area contributed by atoms with Crippen LogP contribution in [0.15, 0.2) is 11.4 Å². The van der Waals surface area contributed by atoms with E-state index in [0.717, 1.165) is 0 Å². The molecule has 0 bridgehead atoms. The Bertz CT molecular complexity index is 500. The number of imidazole rings is 1. The molecule has 1 aromatic heterocycles. The van der Waals surface area contributed by atoms with Gasteiger partial charge in [-0.1, -0.05) is 0 Å². The van der Waals surface area contributed by atoms with Crippen LogP contribution in [-0.2, 0) is 17.1 Å². The lowest BCUT2D eigenvalue weighted by molar-refractivity contribution is 0.243. The van der Waals surface area contributed by atoms with Crippen molar-refractivity contribution in [2.75, 3.05) is 5.73 Å². The van der Waals surface area contributed by atoms with E-state index < -0.39 is 16.1 Å². The number of nitrogens with two attached hydrogens (primary N) is 1. The average Bonchev–Trinajstić information content (AvgIpc) is 2.43. The van der Waals surface area contributed by atoms with E-state index in [1.165, 1.54) is 17.9 Å². The number of nitrogens with zero attached hydrogens (tertiary/aromatic N) is 2. The van der Waals surface area contributed by atoms with Crippen molar-refractivity contribution in [2.24, 2.45) is 7.05 Å². The molecule has 0 aliphatic carbocycles. The van der Waals surface area contributed by atoms with Crippen molar-refractivity contribution in [3.8, 4) is 0 Å². The van der Waals surface area contributed by atoms with Crippen molar-refractivity contribution in [1.29, 1.82) is 0 Å². The van der Waals surface area contributed by atoms with E-state index in [2.05, 4.69) is 10.3 Å². The number of urea groups is 1. The first-order chi connectivity index (χ1) is 7.74. The number of amides is 2. The summed E-state index contributed by atoms with van der Waals surface area (Å²) in [5, 5.41) is 2.16. The summed E-state index contributed by atoms with van der Waals surface area (Å²) in [6, 6.07) is -0.977. The van der Waals surface area contributed by atoms with Crippen LogP contribution in [0.25, 0.3) is 0 Å². The van der Waals surface area contributed by atoms with E-state index in [1.54, 1.807) is 13.8 Å². The smallest absolute Gasteiger partial charge is 0.328 e. The van der Waals surface area contributed by atoms with Crippen LogP contribution in [0.3, 0.4) is 0 Å². The van der Waals surface area contributed by atoms with Crippen LogP contribution in [0.4, 0.5) is 10.6 Å². The fraction of sp³-hybridized carbons (Fsp3) is 0.500. The molecule has 0 aliphatic rings. The fourth-order valence-corrected chi connectivity index (χ4v) is 2.38. The van der Waals surface area contributed by atoms with Crippen molar-refractivity contribution < 1.29 is 13.2 Å². The maximum absolute atomic E-state index is 11.8. The molecule has 0 radical (unpaired) electrons. The second kappa shape index (κ2) is 4.62. The third-order valence-corrected chi connectivity index (χ3v) is 3.27. The van der Waals surface area contributed by atoms with Crippen LogP contribution in [0.5, 0.6) is 0 Å². The van der Waals surface area contributed by atoms with Gasteiger partial charge in [0.05, 0.1) is 6.33 Å². The number of carbonyl (C=O) groups is 1. The van der Waals surface area contributed by atoms with Gasteiger partial charge in [0.15, 0.2) is 10.8 Å². The van der Waals surface area contributed by atoms with Crippen molar-refractivity contribution in [2.45, 2.75) is 24.9 Å². The van der Waals surface area contributed by atoms with Gasteiger partial charge in [0.1, 0.15) is 0 Å². The topological polar surface area (TPSA) is 119 Å². The summed E-state index contributed by atoms with van der Waals surface area (Å²) in [7, 11) is -2.54. The fourth-order valence-electron chi connectivity index (χ4n) is 1.23. The first-order valence-electron chi connectivity index (χ1n) is 4.84. The highest BCUT2D eigenvalue weighted by atomic mass is 32.2. The lowest BCUT2D eigenvalue weighted by atomic mass is 10.4. The molecule has 0 saturated heterocycles. The molecule has 8 nitrogen and oxygen atoms in total. The lowest BCUT2D eigenvalue weighted by Crippen LogP contribution is -2.42. The second-order valence-electron chi connectivity index (χ2n) is 3.78. The van der Waals surface area contributed by atoms with Gasteiger partial charge in [0.25, 0.3) is 10.0 Å². The Morgan fingerprint density at radius 3 is 2.53 bits per heavy atom. The maximum Gasteiger partial charge on any atom is 0.328 e. The highest BCUT2D eigenvalue weighted by Gasteiger charge is 2.24. The van der Waals surface area contributed by atoms with Gasteiger partial charge in [-0.25, -0.2) is 14.5 Å². The first kappa shape index (κ1) is 13.3. The lowest BCUT2D eigenvalue weighted by Gasteiger charge is -2.11. The zero-order valence-electron chi connectivity index (χ0n) is 9.76. The zero-order chi connectivity index (χ0) is 13.2. The standard InChI is InChI=1S/C8H15N5O3S/c1-5(2)11-8(14)12-17(15,16)7-6(9)10-4-13(7)3/h4-5H,9H2,1-3H3,(H2,11,12,14). The average molecular weight is 261 g/mol. The number of sulfonamides is 1. The SMILES string of the molecule is CC(C)NC(=O)NS(=O)(=O)c1c(N)ncn1C. The number of rotatable bonds is 3. The van der Waals surface area contributed by atoms with Crippen LogP contribution in [0.2, 0.25) is 0 Å². The van der Waals surface area contributed by atoms with Crippen molar-refractivity contribution in [1.82, 2.24) is 19.6 Å². The summed E-state index contributed by atoms with van der Waals surface area (Å²) in [5.74, 6) is -0.155. The number of carbonyl (C=O) groups excluding carboxylic acids is 1. The van der Waals surface area contributed by atoms with Gasteiger partial charge in [0, 0.05) is 13.1 Å². The van der Waals surface area contributed by atoms with Crippen LogP contribution >= 0.6 is 0 Å². The summed E-state index contributed by atoms with van der Waals surface area (Å²) in [6.07, 6.45) is 1.25. The molecule has 1 heterocycles. The zero-order valence-corrected chi connectivity index (χ0v) is 10.6. The number of nitrogen functional groups attached to an aromatic ring is 1. The molecule has 96 valence electrons. The molecule has 0 aliphatic heterocycles. The van der Waals surface area contributed by atoms with Gasteiger partial charge in [0.2, 0.25) is 0 Å². The van der Waals surface area contributed by atoms with Crippen molar-refractivity contribution >= 4 is 21.9 Å². The third kappa shape index (κ3) is 3.09. The molecular formula is C8H15N5O3S.